The highest BCUT2D eigenvalue weighted by molar-refractivity contribution is 5.70. The van der Waals surface area contributed by atoms with E-state index in [4.69, 9.17) is 5.11 Å². The van der Waals surface area contributed by atoms with E-state index in [1.807, 2.05) is 13.8 Å². The first-order chi connectivity index (χ1) is 9.69. The summed E-state index contributed by atoms with van der Waals surface area (Å²) in [6, 6.07) is 0.336. The number of alkyl halides is 3. The van der Waals surface area contributed by atoms with Gasteiger partial charge in [-0.1, -0.05) is 0 Å². The van der Waals surface area contributed by atoms with Crippen LogP contribution in [0.3, 0.4) is 0 Å². The van der Waals surface area contributed by atoms with Crippen molar-refractivity contribution in [1.82, 2.24) is 9.80 Å². The summed E-state index contributed by atoms with van der Waals surface area (Å²) in [4.78, 5) is 15.5. The highest BCUT2D eigenvalue weighted by atomic mass is 19.4. The molecule has 0 saturated carbocycles. The average molecular weight is 310 g/mol. The Hall–Kier alpha value is -1.02. The molecule has 2 atom stereocenters. The molecule has 8 heteroatoms. The molecule has 5 nitrogen and oxygen atoms in total. The largest absolute Gasteiger partial charge is 0.434 e. The number of rotatable bonds is 3. The molecule has 1 spiro atoms. The van der Waals surface area contributed by atoms with Crippen LogP contribution in [0.2, 0.25) is 0 Å². The second-order valence-corrected chi connectivity index (χ2v) is 6.04. The van der Waals surface area contributed by atoms with Crippen LogP contribution in [0, 0.1) is 0 Å². The van der Waals surface area contributed by atoms with E-state index in [0.29, 0.717) is 19.1 Å². The quantitative estimate of drug-likeness (QED) is 0.860. The molecule has 0 bridgehead atoms. The fraction of sp³-hybridized carbons (Fsp3) is 0.923. The summed E-state index contributed by atoms with van der Waals surface area (Å²) in [6.45, 7) is 4.73. The number of ether oxygens (including phenoxy) is 1. The summed E-state index contributed by atoms with van der Waals surface area (Å²) in [5.41, 5.74) is -0.396. The Labute approximate surface area is 121 Å². The van der Waals surface area contributed by atoms with Crippen molar-refractivity contribution >= 4 is 6.09 Å². The number of hydrogen-bond acceptors (Lipinski definition) is 4. The maximum atomic E-state index is 12.5. The molecule has 2 saturated heterocycles. The third kappa shape index (κ3) is 3.11. The summed E-state index contributed by atoms with van der Waals surface area (Å²) in [7, 11) is 0. The van der Waals surface area contributed by atoms with Gasteiger partial charge < -0.3 is 14.7 Å². The van der Waals surface area contributed by atoms with E-state index < -0.39 is 30.5 Å². The van der Waals surface area contributed by atoms with Gasteiger partial charge in [0.2, 0.25) is 6.10 Å². The van der Waals surface area contributed by atoms with Gasteiger partial charge in [-0.2, -0.15) is 13.2 Å². The van der Waals surface area contributed by atoms with Gasteiger partial charge in [-0.15, -0.1) is 0 Å². The second kappa shape index (κ2) is 5.64. The average Bonchev–Trinajstić information content (AvgIpc) is 2.80. The second-order valence-electron chi connectivity index (χ2n) is 6.04. The standard InChI is InChI=1S/C13H21F3N2O3/c1-9(2)17-5-3-12(8-17)4-6-18(12)11(20)21-10(7-19)13(14,15)16/h9-10,19H,3-8H2,1-2H3. The summed E-state index contributed by atoms with van der Waals surface area (Å²) in [5.74, 6) is 0. The first-order valence-corrected chi connectivity index (χ1v) is 7.09. The van der Waals surface area contributed by atoms with Crippen molar-refractivity contribution in [2.24, 2.45) is 0 Å². The van der Waals surface area contributed by atoms with Gasteiger partial charge >= 0.3 is 12.3 Å². The maximum absolute atomic E-state index is 12.5. The Morgan fingerprint density at radius 2 is 1.95 bits per heavy atom. The molecule has 1 amide bonds. The zero-order valence-electron chi connectivity index (χ0n) is 12.2. The fourth-order valence-electron chi connectivity index (χ4n) is 2.97. The summed E-state index contributed by atoms with van der Waals surface area (Å²) in [6.07, 6.45) is -6.66. The van der Waals surface area contributed by atoms with Gasteiger partial charge in [0, 0.05) is 25.7 Å². The van der Waals surface area contributed by atoms with Crippen LogP contribution < -0.4 is 0 Å². The van der Waals surface area contributed by atoms with Crippen molar-refractivity contribution in [2.75, 3.05) is 26.2 Å². The number of aliphatic hydroxyl groups excluding tert-OH is 1. The topological polar surface area (TPSA) is 53.0 Å². The minimum absolute atomic E-state index is 0.336. The molecule has 2 fully saturated rings. The molecular formula is C13H21F3N2O3. The molecule has 2 aliphatic rings. The maximum Gasteiger partial charge on any atom is 0.427 e. The van der Waals surface area contributed by atoms with E-state index in [0.717, 1.165) is 19.4 Å². The van der Waals surface area contributed by atoms with E-state index >= 15 is 0 Å². The summed E-state index contributed by atoms with van der Waals surface area (Å²) in [5, 5.41) is 8.73. The zero-order valence-corrected chi connectivity index (χ0v) is 12.2. The van der Waals surface area contributed by atoms with Crippen molar-refractivity contribution in [3.05, 3.63) is 0 Å². The lowest BCUT2D eigenvalue weighted by molar-refractivity contribution is -0.217. The molecule has 21 heavy (non-hydrogen) atoms. The van der Waals surface area contributed by atoms with Gasteiger partial charge in [0.05, 0.1) is 12.1 Å². The van der Waals surface area contributed by atoms with E-state index in [9.17, 15) is 18.0 Å². The van der Waals surface area contributed by atoms with Gasteiger partial charge in [0.25, 0.3) is 0 Å². The Morgan fingerprint density at radius 1 is 1.33 bits per heavy atom. The van der Waals surface area contributed by atoms with Crippen molar-refractivity contribution in [1.29, 1.82) is 0 Å². The molecule has 0 aromatic heterocycles. The SMILES string of the molecule is CC(C)N1CCC2(CCN2C(=O)OC(CO)C(F)(F)F)C1. The van der Waals surface area contributed by atoms with Crippen LogP contribution in [0.4, 0.5) is 18.0 Å². The van der Waals surface area contributed by atoms with Crippen molar-refractivity contribution in [3.63, 3.8) is 0 Å². The zero-order chi connectivity index (χ0) is 15.8. The Morgan fingerprint density at radius 3 is 2.33 bits per heavy atom. The Balaban J connectivity index is 1.98. The van der Waals surface area contributed by atoms with Gasteiger partial charge in [-0.05, 0) is 26.7 Å². The van der Waals surface area contributed by atoms with E-state index in [1.165, 1.54) is 4.90 Å². The Kier molecular flexibility index (Phi) is 4.39. The molecule has 2 rings (SSSR count). The lowest BCUT2D eigenvalue weighted by Crippen LogP contribution is -2.64. The van der Waals surface area contributed by atoms with Crippen LogP contribution >= 0.6 is 0 Å². The first-order valence-electron chi connectivity index (χ1n) is 7.09. The minimum Gasteiger partial charge on any atom is -0.434 e. The summed E-state index contributed by atoms with van der Waals surface area (Å²) >= 11 is 0. The predicted molar refractivity (Wildman–Crippen MR) is 68.8 cm³/mol. The molecule has 0 aliphatic carbocycles. The van der Waals surface area contributed by atoms with E-state index in [-0.39, 0.29) is 0 Å². The van der Waals surface area contributed by atoms with Gasteiger partial charge in [0.15, 0.2) is 0 Å². The number of carbonyl (C=O) groups is 1. The number of halogens is 3. The van der Waals surface area contributed by atoms with Crippen LogP contribution in [0.5, 0.6) is 0 Å². The molecule has 0 aromatic carbocycles. The lowest BCUT2D eigenvalue weighted by Gasteiger charge is -2.50. The number of aliphatic hydroxyl groups is 1. The fourth-order valence-corrected chi connectivity index (χ4v) is 2.97. The highest BCUT2D eigenvalue weighted by Gasteiger charge is 2.53. The number of nitrogens with zero attached hydrogens (tertiary/aromatic N) is 2. The van der Waals surface area contributed by atoms with E-state index in [1.54, 1.807) is 0 Å². The molecular weight excluding hydrogens is 289 g/mol. The van der Waals surface area contributed by atoms with Crippen molar-refractivity contribution in [3.8, 4) is 0 Å². The van der Waals surface area contributed by atoms with Gasteiger partial charge in [0.1, 0.15) is 0 Å². The normalized spacial score (nSPS) is 28.0. The van der Waals surface area contributed by atoms with Crippen LogP contribution in [0.1, 0.15) is 26.7 Å². The third-order valence-corrected chi connectivity index (χ3v) is 4.46. The van der Waals surface area contributed by atoms with Crippen LogP contribution in [-0.4, -0.2) is 71.1 Å². The molecule has 1 N–H and O–H groups in total. The van der Waals surface area contributed by atoms with Crippen LogP contribution in [-0.2, 0) is 4.74 Å². The Bertz CT molecular complexity index is 403. The van der Waals surface area contributed by atoms with Crippen molar-refractivity contribution < 1.29 is 27.8 Å². The number of hydrogen-bond donors (Lipinski definition) is 1. The molecule has 2 unspecified atom stereocenters. The molecule has 2 aliphatic heterocycles. The molecule has 0 aromatic rings. The van der Waals surface area contributed by atoms with E-state index in [2.05, 4.69) is 9.64 Å². The van der Waals surface area contributed by atoms with Gasteiger partial charge in [-0.25, -0.2) is 4.79 Å². The molecule has 2 heterocycles. The third-order valence-electron chi connectivity index (χ3n) is 4.46. The first kappa shape index (κ1) is 16.4. The summed E-state index contributed by atoms with van der Waals surface area (Å²) < 4.78 is 42.1. The number of amides is 1. The van der Waals surface area contributed by atoms with Crippen molar-refractivity contribution in [2.45, 2.75) is 50.6 Å². The van der Waals surface area contributed by atoms with Crippen LogP contribution in [0.15, 0.2) is 0 Å². The number of likely N-dealkylation sites (tertiary alicyclic amines) is 2. The minimum atomic E-state index is -4.75. The predicted octanol–water partition coefficient (Wildman–Crippen LogP) is 1.60. The molecule has 122 valence electrons. The highest BCUT2D eigenvalue weighted by Crippen LogP contribution is 2.40. The number of carbonyl (C=O) groups excluding carboxylic acids is 1. The molecule has 0 radical (unpaired) electrons. The lowest BCUT2D eigenvalue weighted by atomic mass is 9.84. The van der Waals surface area contributed by atoms with Gasteiger partial charge in [-0.3, -0.25) is 4.90 Å². The van der Waals surface area contributed by atoms with Crippen LogP contribution in [0.25, 0.3) is 0 Å². The monoisotopic (exact) mass is 310 g/mol. The smallest absolute Gasteiger partial charge is 0.427 e.